The number of nitrogen functional groups attached to an aromatic ring is 1. The second kappa shape index (κ2) is 3.59. The van der Waals surface area contributed by atoms with Crippen molar-refractivity contribution in [3.8, 4) is 11.4 Å². The maximum Gasteiger partial charge on any atom is 0.137 e. The molecule has 0 bridgehead atoms. The zero-order valence-corrected chi connectivity index (χ0v) is 9.46. The summed E-state index contributed by atoms with van der Waals surface area (Å²) in [4.78, 5) is 8.65. The Morgan fingerprint density at radius 3 is 2.94 bits per heavy atom. The van der Waals surface area contributed by atoms with Crippen LogP contribution < -0.4 is 5.73 Å². The van der Waals surface area contributed by atoms with Crippen LogP contribution in [-0.2, 0) is 0 Å². The summed E-state index contributed by atoms with van der Waals surface area (Å²) in [5.74, 6) is 0. The molecule has 0 aliphatic heterocycles. The molecule has 3 aromatic rings. The zero-order valence-electron chi connectivity index (χ0n) is 9.46. The van der Waals surface area contributed by atoms with Gasteiger partial charge >= 0.3 is 0 Å². The quantitative estimate of drug-likeness (QED) is 0.690. The molecular formula is C13H12N4. The third kappa shape index (κ3) is 1.54. The van der Waals surface area contributed by atoms with E-state index in [-0.39, 0.29) is 0 Å². The molecule has 84 valence electrons. The maximum absolute atomic E-state index is 6.02. The van der Waals surface area contributed by atoms with Crippen LogP contribution in [0.1, 0.15) is 5.56 Å². The molecule has 17 heavy (non-hydrogen) atoms. The summed E-state index contributed by atoms with van der Waals surface area (Å²) in [7, 11) is 0. The lowest BCUT2D eigenvalue weighted by Gasteiger charge is -2.08. The van der Waals surface area contributed by atoms with Crippen LogP contribution in [-0.4, -0.2) is 14.4 Å². The Labute approximate surface area is 98.8 Å². The summed E-state index contributed by atoms with van der Waals surface area (Å²) in [6.07, 6.45) is 5.50. The van der Waals surface area contributed by atoms with Gasteiger partial charge in [0.05, 0.1) is 11.4 Å². The lowest BCUT2D eigenvalue weighted by atomic mass is 10.2. The zero-order chi connectivity index (χ0) is 11.8. The third-order valence-corrected chi connectivity index (χ3v) is 2.72. The van der Waals surface area contributed by atoms with Crippen LogP contribution in [0.25, 0.3) is 17.0 Å². The molecule has 0 radical (unpaired) electrons. The van der Waals surface area contributed by atoms with Crippen molar-refractivity contribution in [1.82, 2.24) is 14.4 Å². The first kappa shape index (κ1) is 9.84. The number of fused-ring (bicyclic) bond motifs is 1. The Hall–Kier alpha value is -2.36. The van der Waals surface area contributed by atoms with Crippen molar-refractivity contribution in [3.63, 3.8) is 0 Å². The largest absolute Gasteiger partial charge is 0.397 e. The van der Waals surface area contributed by atoms with Gasteiger partial charge in [-0.25, -0.2) is 4.98 Å². The highest BCUT2D eigenvalue weighted by Crippen LogP contribution is 2.24. The van der Waals surface area contributed by atoms with Gasteiger partial charge in [0.25, 0.3) is 0 Å². The fourth-order valence-electron chi connectivity index (χ4n) is 1.95. The molecule has 4 heteroatoms. The molecule has 3 heterocycles. The Kier molecular flexibility index (Phi) is 2.08. The molecule has 3 aromatic heterocycles. The SMILES string of the molecule is Cc1cnc(-c2cccc3nccn23)c(N)c1. The smallest absolute Gasteiger partial charge is 0.137 e. The molecule has 0 saturated heterocycles. The molecule has 3 rings (SSSR count). The predicted octanol–water partition coefficient (Wildman–Crippen LogP) is 2.29. The molecular weight excluding hydrogens is 212 g/mol. The maximum atomic E-state index is 6.02. The van der Waals surface area contributed by atoms with E-state index >= 15 is 0 Å². The van der Waals surface area contributed by atoms with E-state index in [1.807, 2.05) is 48.0 Å². The van der Waals surface area contributed by atoms with E-state index in [2.05, 4.69) is 9.97 Å². The van der Waals surface area contributed by atoms with Gasteiger partial charge in [-0.05, 0) is 30.7 Å². The Balaban J connectivity index is 2.30. The second-order valence-corrected chi connectivity index (χ2v) is 4.02. The Morgan fingerprint density at radius 2 is 2.12 bits per heavy atom. The van der Waals surface area contributed by atoms with Gasteiger partial charge in [0.2, 0.25) is 0 Å². The lowest BCUT2D eigenvalue weighted by molar-refractivity contribution is 1.15. The number of imidazole rings is 1. The molecule has 0 fully saturated rings. The van der Waals surface area contributed by atoms with Crippen molar-refractivity contribution < 1.29 is 0 Å². The molecule has 0 spiro atoms. The van der Waals surface area contributed by atoms with Gasteiger partial charge in [-0.15, -0.1) is 0 Å². The van der Waals surface area contributed by atoms with Crippen molar-refractivity contribution in [1.29, 1.82) is 0 Å². The number of rotatable bonds is 1. The topological polar surface area (TPSA) is 56.2 Å². The number of anilines is 1. The summed E-state index contributed by atoms with van der Waals surface area (Å²) >= 11 is 0. The minimum Gasteiger partial charge on any atom is -0.397 e. The molecule has 0 aliphatic rings. The van der Waals surface area contributed by atoms with Crippen LogP contribution in [0.3, 0.4) is 0 Å². The lowest BCUT2D eigenvalue weighted by Crippen LogP contribution is -1.98. The van der Waals surface area contributed by atoms with Gasteiger partial charge in [-0.2, -0.15) is 0 Å². The third-order valence-electron chi connectivity index (χ3n) is 2.72. The molecule has 0 unspecified atom stereocenters. The predicted molar refractivity (Wildman–Crippen MR) is 67.6 cm³/mol. The van der Waals surface area contributed by atoms with E-state index in [0.717, 1.165) is 22.6 Å². The van der Waals surface area contributed by atoms with Gasteiger partial charge < -0.3 is 5.73 Å². The standard InChI is InChI=1S/C13H12N4/c1-9-7-10(14)13(16-8-9)11-3-2-4-12-15-5-6-17(11)12/h2-8H,14H2,1H3. The van der Waals surface area contributed by atoms with Crippen LogP contribution in [0.15, 0.2) is 42.9 Å². The minimum absolute atomic E-state index is 0.686. The average Bonchev–Trinajstić information content (AvgIpc) is 2.77. The number of hydrogen-bond donors (Lipinski definition) is 1. The Bertz CT molecular complexity index is 685. The molecule has 0 amide bonds. The van der Waals surface area contributed by atoms with E-state index < -0.39 is 0 Å². The molecule has 0 aliphatic carbocycles. The van der Waals surface area contributed by atoms with E-state index in [1.165, 1.54) is 0 Å². The summed E-state index contributed by atoms with van der Waals surface area (Å²) in [6.45, 7) is 1.98. The summed E-state index contributed by atoms with van der Waals surface area (Å²) < 4.78 is 1.98. The van der Waals surface area contributed by atoms with Gasteiger partial charge in [-0.1, -0.05) is 6.07 Å². The highest BCUT2D eigenvalue weighted by molar-refractivity contribution is 5.72. The fraction of sp³-hybridized carbons (Fsp3) is 0.0769. The van der Waals surface area contributed by atoms with Gasteiger partial charge in [0, 0.05) is 18.6 Å². The summed E-state index contributed by atoms with van der Waals surface area (Å²) in [5, 5.41) is 0. The number of aryl methyl sites for hydroxylation is 1. The number of hydrogen-bond acceptors (Lipinski definition) is 3. The summed E-state index contributed by atoms with van der Waals surface area (Å²) in [6, 6.07) is 7.83. The van der Waals surface area contributed by atoms with Crippen molar-refractivity contribution in [2.45, 2.75) is 6.92 Å². The second-order valence-electron chi connectivity index (χ2n) is 4.02. The number of pyridine rings is 2. The van der Waals surface area contributed by atoms with Crippen LogP contribution in [0.5, 0.6) is 0 Å². The first-order valence-electron chi connectivity index (χ1n) is 5.40. The van der Waals surface area contributed by atoms with Crippen molar-refractivity contribution in [2.75, 3.05) is 5.73 Å². The number of nitrogens with two attached hydrogens (primary N) is 1. The van der Waals surface area contributed by atoms with Crippen LogP contribution >= 0.6 is 0 Å². The van der Waals surface area contributed by atoms with E-state index in [4.69, 9.17) is 5.73 Å². The first-order valence-corrected chi connectivity index (χ1v) is 5.40. The Morgan fingerprint density at radius 1 is 1.24 bits per heavy atom. The van der Waals surface area contributed by atoms with Crippen LogP contribution in [0.2, 0.25) is 0 Å². The average molecular weight is 224 g/mol. The van der Waals surface area contributed by atoms with Gasteiger partial charge in [0.15, 0.2) is 0 Å². The molecule has 0 aromatic carbocycles. The minimum atomic E-state index is 0.686. The van der Waals surface area contributed by atoms with Crippen molar-refractivity contribution in [2.24, 2.45) is 0 Å². The highest BCUT2D eigenvalue weighted by Gasteiger charge is 2.08. The van der Waals surface area contributed by atoms with Crippen LogP contribution in [0, 0.1) is 6.92 Å². The van der Waals surface area contributed by atoms with Crippen molar-refractivity contribution in [3.05, 3.63) is 48.4 Å². The van der Waals surface area contributed by atoms with Crippen LogP contribution in [0.4, 0.5) is 5.69 Å². The highest BCUT2D eigenvalue weighted by atomic mass is 15.0. The fourth-order valence-corrected chi connectivity index (χ4v) is 1.95. The number of aromatic nitrogens is 3. The van der Waals surface area contributed by atoms with Gasteiger partial charge in [0.1, 0.15) is 11.3 Å². The monoisotopic (exact) mass is 224 g/mol. The molecule has 2 N–H and O–H groups in total. The summed E-state index contributed by atoms with van der Waals surface area (Å²) in [5.41, 5.74) is 10.4. The van der Waals surface area contributed by atoms with Crippen molar-refractivity contribution >= 4 is 11.3 Å². The first-order chi connectivity index (χ1) is 8.25. The van der Waals surface area contributed by atoms with E-state index in [9.17, 15) is 0 Å². The molecule has 4 nitrogen and oxygen atoms in total. The molecule has 0 saturated carbocycles. The molecule has 0 atom stereocenters. The normalized spacial score (nSPS) is 10.9. The van der Waals surface area contributed by atoms with E-state index in [0.29, 0.717) is 5.69 Å². The number of nitrogens with zero attached hydrogens (tertiary/aromatic N) is 3. The van der Waals surface area contributed by atoms with Gasteiger partial charge in [-0.3, -0.25) is 9.38 Å². The van der Waals surface area contributed by atoms with E-state index in [1.54, 1.807) is 6.20 Å².